The molecule has 0 aliphatic heterocycles. The number of anilines is 1. The Morgan fingerprint density at radius 3 is 2.89 bits per heavy atom. The summed E-state index contributed by atoms with van der Waals surface area (Å²) >= 11 is 1.30. The summed E-state index contributed by atoms with van der Waals surface area (Å²) in [7, 11) is 0. The van der Waals surface area contributed by atoms with Crippen LogP contribution < -0.4 is 5.32 Å². The van der Waals surface area contributed by atoms with Crippen LogP contribution in [-0.2, 0) is 0 Å². The lowest BCUT2D eigenvalue weighted by atomic mass is 10.1. The first-order valence-corrected chi connectivity index (χ1v) is 6.05. The predicted octanol–water partition coefficient (Wildman–Crippen LogP) is 3.32. The highest BCUT2D eigenvalue weighted by Gasteiger charge is 2.12. The zero-order valence-electron chi connectivity index (χ0n) is 9.53. The molecule has 0 atom stereocenters. The van der Waals surface area contributed by atoms with Gasteiger partial charge in [0.2, 0.25) is 0 Å². The first-order valence-electron chi connectivity index (χ1n) is 5.17. The van der Waals surface area contributed by atoms with Crippen molar-refractivity contribution in [2.45, 2.75) is 6.92 Å². The molecular weight excluding hydrogens is 251 g/mol. The Morgan fingerprint density at radius 1 is 1.50 bits per heavy atom. The summed E-state index contributed by atoms with van der Waals surface area (Å²) in [6.45, 7) is 1.56. The van der Waals surface area contributed by atoms with Gasteiger partial charge in [0.25, 0.3) is 5.91 Å². The molecule has 0 unspecified atom stereocenters. The van der Waals surface area contributed by atoms with Gasteiger partial charge in [-0.1, -0.05) is 6.07 Å². The van der Waals surface area contributed by atoms with Crippen molar-refractivity contribution < 1.29 is 9.18 Å². The van der Waals surface area contributed by atoms with Crippen LogP contribution >= 0.6 is 11.3 Å². The van der Waals surface area contributed by atoms with E-state index in [1.54, 1.807) is 24.4 Å². The number of amides is 1. The number of carbonyl (C=O) groups is 1. The van der Waals surface area contributed by atoms with E-state index in [0.29, 0.717) is 16.1 Å². The second kappa shape index (κ2) is 4.98. The van der Waals surface area contributed by atoms with Crippen molar-refractivity contribution in [2.75, 3.05) is 5.32 Å². The quantitative estimate of drug-likeness (QED) is 0.900. The molecule has 0 aliphatic rings. The molecule has 0 saturated heterocycles. The van der Waals surface area contributed by atoms with Gasteiger partial charge in [-0.15, -0.1) is 11.3 Å². The van der Waals surface area contributed by atoms with Crippen LogP contribution in [0.1, 0.15) is 20.8 Å². The van der Waals surface area contributed by atoms with Gasteiger partial charge in [-0.25, -0.2) is 4.39 Å². The lowest BCUT2D eigenvalue weighted by Crippen LogP contribution is -2.12. The number of carbonyl (C=O) groups excluding carboxylic acids is 1. The van der Waals surface area contributed by atoms with Gasteiger partial charge in [0.1, 0.15) is 5.82 Å². The van der Waals surface area contributed by atoms with Crippen LogP contribution in [-0.4, -0.2) is 5.91 Å². The van der Waals surface area contributed by atoms with E-state index in [4.69, 9.17) is 5.26 Å². The van der Waals surface area contributed by atoms with Gasteiger partial charge in [-0.3, -0.25) is 4.79 Å². The van der Waals surface area contributed by atoms with E-state index in [-0.39, 0.29) is 11.5 Å². The third kappa shape index (κ3) is 2.39. The van der Waals surface area contributed by atoms with Crippen LogP contribution in [0.3, 0.4) is 0 Å². The molecule has 5 heteroatoms. The third-order valence-electron chi connectivity index (χ3n) is 2.47. The van der Waals surface area contributed by atoms with Crippen LogP contribution in [0.4, 0.5) is 10.1 Å². The average molecular weight is 260 g/mol. The Hall–Kier alpha value is -2.19. The minimum absolute atomic E-state index is 0.180. The number of nitrogens with zero attached hydrogens (tertiary/aromatic N) is 1. The molecule has 0 fully saturated rings. The Balaban J connectivity index is 2.32. The number of nitrogens with one attached hydrogen (secondary N) is 1. The van der Waals surface area contributed by atoms with Gasteiger partial charge in [0.15, 0.2) is 0 Å². The minimum Gasteiger partial charge on any atom is -0.321 e. The van der Waals surface area contributed by atoms with E-state index in [9.17, 15) is 9.18 Å². The van der Waals surface area contributed by atoms with Gasteiger partial charge in [0.05, 0.1) is 16.5 Å². The van der Waals surface area contributed by atoms with Crippen LogP contribution in [0.15, 0.2) is 29.6 Å². The summed E-state index contributed by atoms with van der Waals surface area (Å²) in [5.74, 6) is -0.807. The Bertz CT molecular complexity index is 629. The topological polar surface area (TPSA) is 52.9 Å². The molecule has 0 saturated carbocycles. The van der Waals surface area contributed by atoms with E-state index in [1.807, 2.05) is 6.07 Å². The summed E-state index contributed by atoms with van der Waals surface area (Å²) in [5.41, 5.74) is 0.823. The van der Waals surface area contributed by atoms with Crippen LogP contribution in [0.2, 0.25) is 0 Å². The molecular formula is C13H9FN2OS. The molecule has 3 nitrogen and oxygen atoms in total. The summed E-state index contributed by atoms with van der Waals surface area (Å²) in [6, 6.07) is 7.91. The zero-order valence-corrected chi connectivity index (χ0v) is 10.3. The van der Waals surface area contributed by atoms with E-state index in [1.165, 1.54) is 17.4 Å². The molecule has 1 aromatic heterocycles. The fourth-order valence-corrected chi connectivity index (χ4v) is 2.08. The maximum Gasteiger partial charge on any atom is 0.265 e. The lowest BCUT2D eigenvalue weighted by Gasteiger charge is -2.08. The molecule has 1 aromatic carbocycles. The molecule has 0 aliphatic carbocycles. The molecule has 90 valence electrons. The highest BCUT2D eigenvalue weighted by Crippen LogP contribution is 2.21. The fourth-order valence-electron chi connectivity index (χ4n) is 1.46. The summed E-state index contributed by atoms with van der Waals surface area (Å²) < 4.78 is 13.5. The van der Waals surface area contributed by atoms with E-state index in [2.05, 4.69) is 5.32 Å². The van der Waals surface area contributed by atoms with Crippen molar-refractivity contribution in [3.8, 4) is 6.07 Å². The number of rotatable bonds is 2. The number of hydrogen-bond donors (Lipinski definition) is 1. The van der Waals surface area contributed by atoms with Gasteiger partial charge in [0, 0.05) is 11.3 Å². The molecule has 1 N–H and O–H groups in total. The average Bonchev–Trinajstić information content (AvgIpc) is 2.88. The molecule has 1 heterocycles. The Kier molecular flexibility index (Phi) is 3.40. The third-order valence-corrected chi connectivity index (χ3v) is 3.34. The van der Waals surface area contributed by atoms with E-state index >= 15 is 0 Å². The Labute approximate surface area is 107 Å². The zero-order chi connectivity index (χ0) is 13.1. The smallest absolute Gasteiger partial charge is 0.265 e. The standard InChI is InChI=1S/C13H9FN2OS/c1-8-10(14)5-9(7-15)6-11(8)16-13(17)12-3-2-4-18-12/h2-6H,1H3,(H,16,17). The largest absolute Gasteiger partial charge is 0.321 e. The number of hydrogen-bond acceptors (Lipinski definition) is 3. The summed E-state index contributed by atoms with van der Waals surface area (Å²) in [5, 5.41) is 13.2. The molecule has 18 heavy (non-hydrogen) atoms. The van der Waals surface area contributed by atoms with E-state index in [0.717, 1.165) is 6.07 Å². The Morgan fingerprint density at radius 2 is 2.28 bits per heavy atom. The molecule has 2 rings (SSSR count). The van der Waals surface area contributed by atoms with Crippen molar-refractivity contribution in [3.05, 3.63) is 51.5 Å². The van der Waals surface area contributed by atoms with Crippen molar-refractivity contribution in [1.29, 1.82) is 5.26 Å². The maximum atomic E-state index is 13.5. The number of benzene rings is 1. The van der Waals surface area contributed by atoms with Gasteiger partial charge >= 0.3 is 0 Å². The number of thiophene rings is 1. The second-order valence-corrected chi connectivity index (χ2v) is 4.62. The highest BCUT2D eigenvalue weighted by molar-refractivity contribution is 7.12. The molecule has 0 bridgehead atoms. The normalized spacial score (nSPS) is 9.83. The summed E-state index contributed by atoms with van der Waals surface area (Å²) in [6.07, 6.45) is 0. The van der Waals surface area contributed by atoms with Crippen molar-refractivity contribution in [3.63, 3.8) is 0 Å². The maximum absolute atomic E-state index is 13.5. The van der Waals surface area contributed by atoms with Gasteiger partial charge in [-0.2, -0.15) is 5.26 Å². The van der Waals surface area contributed by atoms with Crippen molar-refractivity contribution in [2.24, 2.45) is 0 Å². The van der Waals surface area contributed by atoms with Crippen LogP contribution in [0, 0.1) is 24.1 Å². The van der Waals surface area contributed by atoms with Crippen molar-refractivity contribution in [1.82, 2.24) is 0 Å². The van der Waals surface area contributed by atoms with E-state index < -0.39 is 5.82 Å². The molecule has 0 spiro atoms. The van der Waals surface area contributed by atoms with Gasteiger partial charge in [-0.05, 0) is 30.5 Å². The fraction of sp³-hybridized carbons (Fsp3) is 0.0769. The van der Waals surface area contributed by atoms with Gasteiger partial charge < -0.3 is 5.32 Å². The highest BCUT2D eigenvalue weighted by atomic mass is 32.1. The molecule has 1 amide bonds. The number of nitriles is 1. The van der Waals surface area contributed by atoms with Crippen molar-refractivity contribution >= 4 is 22.9 Å². The SMILES string of the molecule is Cc1c(F)cc(C#N)cc1NC(=O)c1cccs1. The van der Waals surface area contributed by atoms with Crippen LogP contribution in [0.25, 0.3) is 0 Å². The first kappa shape index (κ1) is 12.3. The lowest BCUT2D eigenvalue weighted by molar-refractivity contribution is 0.103. The number of halogens is 1. The monoisotopic (exact) mass is 260 g/mol. The minimum atomic E-state index is -0.504. The summed E-state index contributed by atoms with van der Waals surface area (Å²) in [4.78, 5) is 12.4. The predicted molar refractivity (Wildman–Crippen MR) is 68.1 cm³/mol. The second-order valence-electron chi connectivity index (χ2n) is 3.67. The molecule has 2 aromatic rings. The molecule has 0 radical (unpaired) electrons. The van der Waals surface area contributed by atoms with Crippen LogP contribution in [0.5, 0.6) is 0 Å². The first-order chi connectivity index (χ1) is 8.61.